The highest BCUT2D eigenvalue weighted by Gasteiger charge is 2.53. The molecule has 0 amide bonds. The van der Waals surface area contributed by atoms with E-state index in [4.69, 9.17) is 5.11 Å². The van der Waals surface area contributed by atoms with Crippen LogP contribution in [0.15, 0.2) is 12.1 Å². The molecule has 4 heteroatoms. The number of rotatable bonds is 3. The molecule has 4 nitrogen and oxygen atoms in total. The molecule has 86 valence electrons. The van der Waals surface area contributed by atoms with Gasteiger partial charge in [-0.2, -0.15) is 0 Å². The number of benzene rings is 1. The van der Waals surface area contributed by atoms with Crippen molar-refractivity contribution in [3.63, 3.8) is 0 Å². The molecule has 1 fully saturated rings. The number of aryl methyl sites for hydroxylation is 1. The van der Waals surface area contributed by atoms with E-state index in [9.17, 15) is 15.0 Å². The second-order valence-corrected chi connectivity index (χ2v) is 4.24. The first kappa shape index (κ1) is 10.8. The van der Waals surface area contributed by atoms with Gasteiger partial charge in [-0.3, -0.25) is 4.79 Å². The molecule has 0 radical (unpaired) electrons. The Morgan fingerprint density at radius 1 is 1.31 bits per heavy atom. The van der Waals surface area contributed by atoms with E-state index in [1.165, 1.54) is 6.07 Å². The lowest BCUT2D eigenvalue weighted by atomic mass is 9.92. The standard InChI is InChI=1S/C12H14O4/c1-2-7-5-8(10(14)6-9(7)13)12(3-4-12)11(15)16/h5-6,13-14H,2-4H2,1H3,(H,15,16). The molecule has 0 bridgehead atoms. The number of phenolic OH excluding ortho intramolecular Hbond substituents is 2. The maximum atomic E-state index is 11.1. The van der Waals surface area contributed by atoms with Crippen LogP contribution in [-0.4, -0.2) is 21.3 Å². The molecule has 0 aliphatic heterocycles. The highest BCUT2D eigenvalue weighted by Crippen LogP contribution is 2.52. The lowest BCUT2D eigenvalue weighted by Gasteiger charge is -2.14. The molecule has 2 rings (SSSR count). The van der Waals surface area contributed by atoms with Gasteiger partial charge in [0.15, 0.2) is 0 Å². The van der Waals surface area contributed by atoms with Gasteiger partial charge in [0.1, 0.15) is 11.5 Å². The Balaban J connectivity index is 2.53. The summed E-state index contributed by atoms with van der Waals surface area (Å²) >= 11 is 0. The van der Waals surface area contributed by atoms with Crippen molar-refractivity contribution in [2.24, 2.45) is 0 Å². The first-order valence-corrected chi connectivity index (χ1v) is 5.30. The summed E-state index contributed by atoms with van der Waals surface area (Å²) in [5.41, 5.74) is 0.164. The Morgan fingerprint density at radius 2 is 1.94 bits per heavy atom. The summed E-state index contributed by atoms with van der Waals surface area (Å²) < 4.78 is 0. The van der Waals surface area contributed by atoms with Crippen molar-refractivity contribution in [2.75, 3.05) is 0 Å². The van der Waals surface area contributed by atoms with Crippen LogP contribution in [0.2, 0.25) is 0 Å². The monoisotopic (exact) mass is 222 g/mol. The molecule has 16 heavy (non-hydrogen) atoms. The molecule has 0 saturated heterocycles. The molecule has 3 N–H and O–H groups in total. The highest BCUT2D eigenvalue weighted by atomic mass is 16.4. The molecule has 1 aliphatic rings. The lowest BCUT2D eigenvalue weighted by Crippen LogP contribution is -2.19. The summed E-state index contributed by atoms with van der Waals surface area (Å²) in [6.45, 7) is 1.87. The van der Waals surface area contributed by atoms with Crippen LogP contribution in [-0.2, 0) is 16.6 Å². The van der Waals surface area contributed by atoms with E-state index in [-0.39, 0.29) is 11.5 Å². The van der Waals surface area contributed by atoms with Crippen molar-refractivity contribution in [1.82, 2.24) is 0 Å². The van der Waals surface area contributed by atoms with Gasteiger partial charge in [-0.25, -0.2) is 0 Å². The number of carboxylic acids is 1. The molecular formula is C12H14O4. The van der Waals surface area contributed by atoms with Gasteiger partial charge < -0.3 is 15.3 Å². The molecule has 0 heterocycles. The summed E-state index contributed by atoms with van der Waals surface area (Å²) in [7, 11) is 0. The molecule has 0 unspecified atom stereocenters. The summed E-state index contributed by atoms with van der Waals surface area (Å²) in [4.78, 5) is 11.1. The predicted octanol–water partition coefficient (Wildman–Crippen LogP) is 1.78. The summed E-state index contributed by atoms with van der Waals surface area (Å²) in [5.74, 6) is -1.02. The largest absolute Gasteiger partial charge is 0.508 e. The van der Waals surface area contributed by atoms with Gasteiger partial charge in [0.2, 0.25) is 0 Å². The van der Waals surface area contributed by atoms with Gasteiger partial charge in [0.05, 0.1) is 5.41 Å². The van der Waals surface area contributed by atoms with Crippen LogP contribution < -0.4 is 0 Å². The van der Waals surface area contributed by atoms with Gasteiger partial charge in [0, 0.05) is 11.6 Å². The lowest BCUT2D eigenvalue weighted by molar-refractivity contribution is -0.140. The zero-order chi connectivity index (χ0) is 11.9. The fraction of sp³-hybridized carbons (Fsp3) is 0.417. The first-order valence-electron chi connectivity index (χ1n) is 5.30. The van der Waals surface area contributed by atoms with Gasteiger partial charge in [-0.15, -0.1) is 0 Å². The quantitative estimate of drug-likeness (QED) is 0.728. The van der Waals surface area contributed by atoms with Crippen molar-refractivity contribution in [3.8, 4) is 11.5 Å². The Morgan fingerprint density at radius 3 is 2.38 bits per heavy atom. The van der Waals surface area contributed by atoms with Crippen LogP contribution in [0.3, 0.4) is 0 Å². The van der Waals surface area contributed by atoms with E-state index < -0.39 is 11.4 Å². The second kappa shape index (κ2) is 3.40. The van der Waals surface area contributed by atoms with Gasteiger partial charge >= 0.3 is 5.97 Å². The molecule has 0 atom stereocenters. The highest BCUT2D eigenvalue weighted by molar-refractivity contribution is 5.86. The average Bonchev–Trinajstić information content (AvgIpc) is 2.99. The number of phenols is 2. The number of aliphatic carboxylic acids is 1. The van der Waals surface area contributed by atoms with Gasteiger partial charge in [-0.05, 0) is 30.9 Å². The third-order valence-electron chi connectivity index (χ3n) is 3.25. The molecule has 1 saturated carbocycles. The minimum atomic E-state index is -0.929. The van der Waals surface area contributed by atoms with Gasteiger partial charge in [-0.1, -0.05) is 6.92 Å². The van der Waals surface area contributed by atoms with Crippen molar-refractivity contribution >= 4 is 5.97 Å². The van der Waals surface area contributed by atoms with E-state index in [0.717, 1.165) is 0 Å². The van der Waals surface area contributed by atoms with Gasteiger partial charge in [0.25, 0.3) is 0 Å². The molecule has 1 aromatic rings. The van der Waals surface area contributed by atoms with E-state index in [1.54, 1.807) is 6.07 Å². The summed E-state index contributed by atoms with van der Waals surface area (Å²) in [5, 5.41) is 28.4. The third-order valence-corrected chi connectivity index (χ3v) is 3.25. The third kappa shape index (κ3) is 1.41. The molecular weight excluding hydrogens is 208 g/mol. The number of carbonyl (C=O) groups is 1. The number of carboxylic acid groups (broad SMARTS) is 1. The van der Waals surface area contributed by atoms with Crippen molar-refractivity contribution < 1.29 is 20.1 Å². The Hall–Kier alpha value is -1.71. The Kier molecular flexibility index (Phi) is 2.30. The smallest absolute Gasteiger partial charge is 0.314 e. The van der Waals surface area contributed by atoms with E-state index in [1.807, 2.05) is 6.92 Å². The number of hydrogen-bond acceptors (Lipinski definition) is 3. The number of hydrogen-bond donors (Lipinski definition) is 3. The van der Waals surface area contributed by atoms with Crippen molar-refractivity contribution in [2.45, 2.75) is 31.6 Å². The second-order valence-electron chi connectivity index (χ2n) is 4.24. The van der Waals surface area contributed by atoms with E-state index in [2.05, 4.69) is 0 Å². The maximum Gasteiger partial charge on any atom is 0.314 e. The minimum absolute atomic E-state index is 0.0185. The normalized spacial score (nSPS) is 17.1. The van der Waals surface area contributed by atoms with Crippen LogP contribution in [0, 0.1) is 0 Å². The Bertz CT molecular complexity index is 447. The molecule has 1 aromatic carbocycles. The fourth-order valence-electron chi connectivity index (χ4n) is 2.01. The zero-order valence-electron chi connectivity index (χ0n) is 9.03. The summed E-state index contributed by atoms with van der Waals surface area (Å²) in [6, 6.07) is 2.84. The van der Waals surface area contributed by atoms with E-state index >= 15 is 0 Å². The topological polar surface area (TPSA) is 77.8 Å². The first-order chi connectivity index (χ1) is 7.51. The zero-order valence-corrected chi connectivity index (χ0v) is 9.03. The average molecular weight is 222 g/mol. The van der Waals surface area contributed by atoms with Crippen LogP contribution in [0.5, 0.6) is 11.5 Å². The molecule has 1 aliphatic carbocycles. The number of aromatic hydroxyl groups is 2. The van der Waals surface area contributed by atoms with Crippen molar-refractivity contribution in [3.05, 3.63) is 23.3 Å². The van der Waals surface area contributed by atoms with Crippen LogP contribution in [0.25, 0.3) is 0 Å². The Labute approximate surface area is 93.2 Å². The van der Waals surface area contributed by atoms with E-state index in [0.29, 0.717) is 30.4 Å². The van der Waals surface area contributed by atoms with Crippen molar-refractivity contribution in [1.29, 1.82) is 0 Å². The van der Waals surface area contributed by atoms with Crippen LogP contribution in [0.1, 0.15) is 30.9 Å². The molecule has 0 spiro atoms. The van der Waals surface area contributed by atoms with Crippen LogP contribution in [0.4, 0.5) is 0 Å². The SMILES string of the molecule is CCc1cc(C2(C(=O)O)CC2)c(O)cc1O. The summed E-state index contributed by atoms with van der Waals surface area (Å²) in [6.07, 6.45) is 1.70. The minimum Gasteiger partial charge on any atom is -0.508 e. The molecule has 0 aromatic heterocycles. The fourth-order valence-corrected chi connectivity index (χ4v) is 2.01. The maximum absolute atomic E-state index is 11.1. The van der Waals surface area contributed by atoms with Crippen LogP contribution >= 0.6 is 0 Å². The predicted molar refractivity (Wildman–Crippen MR) is 57.7 cm³/mol.